The lowest BCUT2D eigenvalue weighted by Crippen LogP contribution is -2.37. The SMILES string of the molecule is Cc1cc(NC(=O)CN(C)C(=O)COc2cc3sc(C)nc3c3sccc23)no1. The molecule has 0 aliphatic carbocycles. The highest BCUT2D eigenvalue weighted by Crippen LogP contribution is 2.38. The minimum Gasteiger partial charge on any atom is -0.483 e. The largest absolute Gasteiger partial charge is 0.483 e. The molecule has 2 amide bonds. The molecular weight excluding hydrogens is 412 g/mol. The minimum atomic E-state index is -0.365. The van der Waals surface area contributed by atoms with Crippen LogP contribution in [0.1, 0.15) is 10.8 Å². The van der Waals surface area contributed by atoms with Crippen LogP contribution in [0.15, 0.2) is 28.1 Å². The first kappa shape index (κ1) is 19.3. The molecule has 1 aromatic carbocycles. The zero-order chi connectivity index (χ0) is 20.5. The first-order valence-corrected chi connectivity index (χ1v) is 10.5. The summed E-state index contributed by atoms with van der Waals surface area (Å²) in [6.07, 6.45) is 0. The van der Waals surface area contributed by atoms with Gasteiger partial charge in [0.05, 0.1) is 26.5 Å². The summed E-state index contributed by atoms with van der Waals surface area (Å²) in [7, 11) is 1.55. The quantitative estimate of drug-likeness (QED) is 0.502. The molecule has 0 atom stereocenters. The number of hydrogen-bond acceptors (Lipinski definition) is 8. The molecule has 0 radical (unpaired) electrons. The number of aromatic nitrogens is 2. The molecule has 3 heterocycles. The third-order valence-electron chi connectivity index (χ3n) is 4.22. The number of aryl methyl sites for hydroxylation is 2. The standard InChI is InChI=1S/C19H18N4O4S2/c1-10-6-15(22-27-10)21-16(24)8-23(3)17(25)9-26-13-7-14-18(20-11(2)29-14)19-12(13)4-5-28-19/h4-7H,8-9H2,1-3H3,(H,21,22,24). The summed E-state index contributed by atoms with van der Waals surface area (Å²) in [6, 6.07) is 5.49. The smallest absolute Gasteiger partial charge is 0.260 e. The van der Waals surface area contributed by atoms with E-state index in [1.807, 2.05) is 24.4 Å². The van der Waals surface area contributed by atoms with Gasteiger partial charge in [-0.25, -0.2) is 4.98 Å². The molecule has 8 nitrogen and oxygen atoms in total. The summed E-state index contributed by atoms with van der Waals surface area (Å²) >= 11 is 3.19. The van der Waals surface area contributed by atoms with Crippen molar-refractivity contribution >= 4 is 60.6 Å². The second-order valence-corrected chi connectivity index (χ2v) is 8.68. The molecule has 29 heavy (non-hydrogen) atoms. The van der Waals surface area contributed by atoms with Crippen molar-refractivity contribution in [3.8, 4) is 5.75 Å². The molecule has 1 N–H and O–H groups in total. The molecule has 0 fully saturated rings. The zero-order valence-corrected chi connectivity index (χ0v) is 17.6. The summed E-state index contributed by atoms with van der Waals surface area (Å²) < 4.78 is 12.8. The fraction of sp³-hybridized carbons (Fsp3) is 0.263. The van der Waals surface area contributed by atoms with E-state index in [0.717, 1.165) is 25.3 Å². The lowest BCUT2D eigenvalue weighted by atomic mass is 10.2. The van der Waals surface area contributed by atoms with E-state index in [0.29, 0.717) is 17.3 Å². The van der Waals surface area contributed by atoms with Gasteiger partial charge in [0.1, 0.15) is 11.5 Å². The van der Waals surface area contributed by atoms with Gasteiger partial charge in [0.15, 0.2) is 12.4 Å². The number of nitrogens with one attached hydrogen (secondary N) is 1. The number of rotatable bonds is 6. The summed E-state index contributed by atoms with van der Waals surface area (Å²) in [4.78, 5) is 30.4. The average molecular weight is 431 g/mol. The highest BCUT2D eigenvalue weighted by atomic mass is 32.1. The van der Waals surface area contributed by atoms with Crippen molar-refractivity contribution in [2.45, 2.75) is 13.8 Å². The predicted molar refractivity (Wildman–Crippen MR) is 113 cm³/mol. The predicted octanol–water partition coefficient (Wildman–Crippen LogP) is 3.59. The molecule has 0 saturated heterocycles. The van der Waals surface area contributed by atoms with Gasteiger partial charge >= 0.3 is 0 Å². The fourth-order valence-electron chi connectivity index (χ4n) is 2.87. The number of anilines is 1. The molecule has 4 aromatic rings. The maximum absolute atomic E-state index is 12.4. The number of carbonyl (C=O) groups is 2. The summed E-state index contributed by atoms with van der Waals surface area (Å²) in [5.41, 5.74) is 0.966. The van der Waals surface area contributed by atoms with Crippen LogP contribution < -0.4 is 10.1 Å². The van der Waals surface area contributed by atoms with Crippen LogP contribution in [-0.2, 0) is 9.59 Å². The highest BCUT2D eigenvalue weighted by Gasteiger charge is 2.17. The van der Waals surface area contributed by atoms with E-state index in [9.17, 15) is 9.59 Å². The van der Waals surface area contributed by atoms with Gasteiger partial charge in [0, 0.05) is 24.6 Å². The lowest BCUT2D eigenvalue weighted by Gasteiger charge is -2.17. The van der Waals surface area contributed by atoms with Gasteiger partial charge in [0.2, 0.25) is 5.91 Å². The Hall–Kier alpha value is -2.98. The number of benzene rings is 1. The highest BCUT2D eigenvalue weighted by molar-refractivity contribution is 7.21. The number of thiazole rings is 1. The molecular formula is C19H18N4O4S2. The molecule has 10 heteroatoms. The van der Waals surface area contributed by atoms with E-state index in [1.165, 1.54) is 4.90 Å². The van der Waals surface area contributed by atoms with Gasteiger partial charge in [-0.1, -0.05) is 5.16 Å². The molecule has 0 aliphatic rings. The van der Waals surface area contributed by atoms with Crippen molar-refractivity contribution in [2.75, 3.05) is 25.5 Å². The number of carbonyl (C=O) groups excluding carboxylic acids is 2. The van der Waals surface area contributed by atoms with Crippen molar-refractivity contribution < 1.29 is 18.8 Å². The average Bonchev–Trinajstić information content (AvgIpc) is 3.38. The Bertz CT molecular complexity index is 1210. The lowest BCUT2D eigenvalue weighted by molar-refractivity contribution is -0.135. The Balaban J connectivity index is 1.40. The van der Waals surface area contributed by atoms with Crippen molar-refractivity contribution in [3.05, 3.63) is 34.3 Å². The first-order valence-electron chi connectivity index (χ1n) is 8.78. The molecule has 0 aliphatic heterocycles. The van der Waals surface area contributed by atoms with Crippen LogP contribution in [-0.4, -0.2) is 47.1 Å². The first-order chi connectivity index (χ1) is 13.9. The van der Waals surface area contributed by atoms with E-state index in [2.05, 4.69) is 15.5 Å². The number of fused-ring (bicyclic) bond motifs is 3. The third kappa shape index (κ3) is 4.08. The molecule has 0 unspecified atom stereocenters. The van der Waals surface area contributed by atoms with Gasteiger partial charge in [-0.05, 0) is 25.3 Å². The summed E-state index contributed by atoms with van der Waals surface area (Å²) in [6.45, 7) is 3.41. The van der Waals surface area contributed by atoms with Crippen LogP contribution >= 0.6 is 22.7 Å². The topological polar surface area (TPSA) is 97.6 Å². The Morgan fingerprint density at radius 2 is 2.14 bits per heavy atom. The molecule has 0 saturated carbocycles. The number of ether oxygens (including phenoxy) is 1. The molecule has 4 rings (SSSR count). The van der Waals surface area contributed by atoms with Crippen molar-refractivity contribution in [3.63, 3.8) is 0 Å². The molecule has 3 aromatic heterocycles. The van der Waals surface area contributed by atoms with Crippen LogP contribution in [0.25, 0.3) is 20.3 Å². The van der Waals surface area contributed by atoms with E-state index < -0.39 is 0 Å². The Morgan fingerprint density at radius 3 is 2.90 bits per heavy atom. The number of amides is 2. The van der Waals surface area contributed by atoms with E-state index in [-0.39, 0.29) is 25.0 Å². The summed E-state index contributed by atoms with van der Waals surface area (Å²) in [5, 5.41) is 10.2. The molecule has 150 valence electrons. The maximum Gasteiger partial charge on any atom is 0.260 e. The molecule has 0 spiro atoms. The maximum atomic E-state index is 12.4. The Labute approximate surface area is 174 Å². The van der Waals surface area contributed by atoms with Crippen LogP contribution in [0.2, 0.25) is 0 Å². The monoisotopic (exact) mass is 430 g/mol. The van der Waals surface area contributed by atoms with Crippen LogP contribution in [0.3, 0.4) is 0 Å². The second kappa shape index (κ2) is 7.80. The fourth-order valence-corrected chi connectivity index (χ4v) is 4.70. The van der Waals surface area contributed by atoms with Crippen LogP contribution in [0.4, 0.5) is 5.82 Å². The third-order valence-corrected chi connectivity index (χ3v) is 6.06. The van der Waals surface area contributed by atoms with E-state index >= 15 is 0 Å². The van der Waals surface area contributed by atoms with Gasteiger partial charge in [0.25, 0.3) is 5.91 Å². The van der Waals surface area contributed by atoms with Crippen molar-refractivity contribution in [1.82, 2.24) is 15.0 Å². The minimum absolute atomic E-state index is 0.116. The van der Waals surface area contributed by atoms with E-state index in [1.54, 1.807) is 42.7 Å². The molecule has 0 bridgehead atoms. The van der Waals surface area contributed by atoms with E-state index in [4.69, 9.17) is 9.26 Å². The van der Waals surface area contributed by atoms with Crippen molar-refractivity contribution in [1.29, 1.82) is 0 Å². The van der Waals surface area contributed by atoms with Gasteiger partial charge in [-0.2, -0.15) is 0 Å². The van der Waals surface area contributed by atoms with Gasteiger partial charge in [-0.3, -0.25) is 9.59 Å². The normalized spacial score (nSPS) is 11.1. The zero-order valence-electron chi connectivity index (χ0n) is 16.0. The number of hydrogen-bond donors (Lipinski definition) is 1. The number of thiophene rings is 1. The number of nitrogens with zero attached hydrogens (tertiary/aromatic N) is 3. The number of likely N-dealkylation sites (N-methyl/N-ethyl adjacent to an activating group) is 1. The Kier molecular flexibility index (Phi) is 5.20. The Morgan fingerprint density at radius 1 is 1.31 bits per heavy atom. The van der Waals surface area contributed by atoms with Crippen LogP contribution in [0, 0.1) is 13.8 Å². The van der Waals surface area contributed by atoms with Crippen molar-refractivity contribution in [2.24, 2.45) is 0 Å². The van der Waals surface area contributed by atoms with Gasteiger partial charge < -0.3 is 19.5 Å². The van der Waals surface area contributed by atoms with Gasteiger partial charge in [-0.15, -0.1) is 22.7 Å². The van der Waals surface area contributed by atoms with Crippen LogP contribution in [0.5, 0.6) is 5.75 Å². The summed E-state index contributed by atoms with van der Waals surface area (Å²) in [5.74, 6) is 0.877. The second-order valence-electron chi connectivity index (χ2n) is 6.53.